The fourth-order valence-electron chi connectivity index (χ4n) is 3.43. The molecule has 4 rings (SSSR count). The Hall–Kier alpha value is -4.17. The molecule has 0 radical (unpaired) electrons. The lowest BCUT2D eigenvalue weighted by Crippen LogP contribution is -2.49. The summed E-state index contributed by atoms with van der Waals surface area (Å²) >= 11 is 1.13. The Balaban J connectivity index is 1.36. The van der Waals surface area contributed by atoms with Crippen LogP contribution in [0.4, 0.5) is 17.5 Å². The van der Waals surface area contributed by atoms with Crippen LogP contribution in [0.1, 0.15) is 15.9 Å². The number of carbonyl (C=O) groups is 2. The van der Waals surface area contributed by atoms with Crippen molar-refractivity contribution in [1.82, 2.24) is 19.9 Å². The minimum absolute atomic E-state index is 0.00106. The fraction of sp³-hybridized carbons (Fsp3) is 0.217. The summed E-state index contributed by atoms with van der Waals surface area (Å²) in [5.74, 6) is 0.241. The molecule has 1 fully saturated rings. The van der Waals surface area contributed by atoms with Crippen LogP contribution in [0.25, 0.3) is 0 Å². The molecule has 0 bridgehead atoms. The number of rotatable bonds is 6. The van der Waals surface area contributed by atoms with Crippen LogP contribution in [0.5, 0.6) is 0 Å². The van der Waals surface area contributed by atoms with Crippen molar-refractivity contribution in [2.75, 3.05) is 47.9 Å². The first-order chi connectivity index (χ1) is 16.5. The van der Waals surface area contributed by atoms with Crippen molar-refractivity contribution in [2.45, 2.75) is 5.03 Å². The molecule has 3 N–H and O–H groups in total. The molecule has 34 heavy (non-hydrogen) atoms. The minimum Gasteiger partial charge on any atom is -0.383 e. The summed E-state index contributed by atoms with van der Waals surface area (Å²) < 4.78 is 0. The topological polar surface area (TPSA) is 141 Å². The first-order valence-electron chi connectivity index (χ1n) is 10.5. The van der Waals surface area contributed by atoms with Crippen LogP contribution in [0.2, 0.25) is 0 Å². The number of carbonyl (C=O) groups excluding carboxylic acids is 2. The van der Waals surface area contributed by atoms with Gasteiger partial charge in [-0.3, -0.25) is 9.59 Å². The first-order valence-corrected chi connectivity index (χ1v) is 11.5. The van der Waals surface area contributed by atoms with Crippen LogP contribution in [0, 0.1) is 11.3 Å². The van der Waals surface area contributed by atoms with E-state index in [0.29, 0.717) is 42.8 Å². The number of nitriles is 1. The van der Waals surface area contributed by atoms with Gasteiger partial charge in [-0.25, -0.2) is 15.0 Å². The molecule has 1 aromatic carbocycles. The number of nitrogen functional groups attached to an aromatic ring is 1. The number of thioether (sulfide) groups is 1. The molecule has 2 aromatic heterocycles. The Morgan fingerprint density at radius 3 is 2.47 bits per heavy atom. The number of anilines is 3. The Bertz CT molecular complexity index is 1210. The van der Waals surface area contributed by atoms with Crippen molar-refractivity contribution in [3.63, 3.8) is 0 Å². The molecule has 2 amide bonds. The van der Waals surface area contributed by atoms with Gasteiger partial charge in [-0.15, -0.1) is 0 Å². The summed E-state index contributed by atoms with van der Waals surface area (Å²) in [6.07, 6.45) is 3.39. The number of pyridine rings is 1. The van der Waals surface area contributed by atoms with Gasteiger partial charge in [0.25, 0.3) is 5.91 Å². The second-order valence-corrected chi connectivity index (χ2v) is 8.38. The highest BCUT2D eigenvalue weighted by atomic mass is 32.2. The maximum absolute atomic E-state index is 12.7. The second-order valence-electron chi connectivity index (χ2n) is 7.41. The first kappa shape index (κ1) is 23.0. The van der Waals surface area contributed by atoms with Gasteiger partial charge in [0.2, 0.25) is 11.9 Å². The quantitative estimate of drug-likeness (QED) is 0.513. The summed E-state index contributed by atoms with van der Waals surface area (Å²) in [6, 6.07) is 14.1. The van der Waals surface area contributed by atoms with Gasteiger partial charge in [-0.05, 0) is 24.3 Å². The van der Waals surface area contributed by atoms with E-state index < -0.39 is 5.91 Å². The zero-order valence-electron chi connectivity index (χ0n) is 18.2. The Morgan fingerprint density at radius 1 is 1.09 bits per heavy atom. The molecule has 1 aliphatic rings. The molecular formula is C23H22N8O2S. The van der Waals surface area contributed by atoms with Crippen molar-refractivity contribution in [3.8, 4) is 6.07 Å². The third-order valence-electron chi connectivity index (χ3n) is 5.21. The lowest BCUT2D eigenvalue weighted by atomic mass is 10.2. The summed E-state index contributed by atoms with van der Waals surface area (Å²) in [6.45, 7) is 2.38. The van der Waals surface area contributed by atoms with Crippen LogP contribution in [-0.4, -0.2) is 63.6 Å². The fourth-order valence-corrected chi connectivity index (χ4v) is 4.30. The van der Waals surface area contributed by atoms with Crippen LogP contribution < -0.4 is 16.0 Å². The van der Waals surface area contributed by atoms with E-state index in [4.69, 9.17) is 5.73 Å². The van der Waals surface area contributed by atoms with Crippen molar-refractivity contribution in [2.24, 2.45) is 0 Å². The molecule has 0 saturated carbocycles. The number of hydrogen-bond acceptors (Lipinski definition) is 9. The average Bonchev–Trinajstić information content (AvgIpc) is 2.88. The number of amides is 2. The smallest absolute Gasteiger partial charge is 0.259 e. The zero-order chi connectivity index (χ0) is 23.9. The van der Waals surface area contributed by atoms with Crippen molar-refractivity contribution in [1.29, 1.82) is 5.26 Å². The predicted molar refractivity (Wildman–Crippen MR) is 129 cm³/mol. The van der Waals surface area contributed by atoms with E-state index in [0.717, 1.165) is 11.8 Å². The molecule has 172 valence electrons. The van der Waals surface area contributed by atoms with E-state index in [9.17, 15) is 14.9 Å². The summed E-state index contributed by atoms with van der Waals surface area (Å²) in [7, 11) is 0. The zero-order valence-corrected chi connectivity index (χ0v) is 19.0. The molecule has 0 atom stereocenters. The van der Waals surface area contributed by atoms with E-state index >= 15 is 0 Å². The number of benzene rings is 1. The molecular weight excluding hydrogens is 452 g/mol. The monoisotopic (exact) mass is 474 g/mol. The third kappa shape index (κ3) is 5.41. The van der Waals surface area contributed by atoms with Gasteiger partial charge in [0.15, 0.2) is 0 Å². The Kier molecular flexibility index (Phi) is 7.19. The number of hydrogen-bond donors (Lipinski definition) is 2. The van der Waals surface area contributed by atoms with Crippen LogP contribution >= 0.6 is 11.8 Å². The number of nitrogens with zero attached hydrogens (tertiary/aromatic N) is 6. The van der Waals surface area contributed by atoms with Crippen LogP contribution in [-0.2, 0) is 4.79 Å². The van der Waals surface area contributed by atoms with E-state index in [-0.39, 0.29) is 28.6 Å². The van der Waals surface area contributed by atoms with Crippen LogP contribution in [0.3, 0.4) is 0 Å². The lowest BCUT2D eigenvalue weighted by Gasteiger charge is -2.34. The maximum Gasteiger partial charge on any atom is 0.259 e. The maximum atomic E-state index is 12.7. The normalized spacial score (nSPS) is 13.3. The Morgan fingerprint density at radius 2 is 1.79 bits per heavy atom. The summed E-state index contributed by atoms with van der Waals surface area (Å²) in [5.41, 5.74) is 6.91. The van der Waals surface area contributed by atoms with Gasteiger partial charge >= 0.3 is 0 Å². The van der Waals surface area contributed by atoms with Crippen molar-refractivity contribution in [3.05, 3.63) is 66.0 Å². The highest BCUT2D eigenvalue weighted by Gasteiger charge is 2.23. The van der Waals surface area contributed by atoms with Gasteiger partial charge in [-0.1, -0.05) is 30.0 Å². The van der Waals surface area contributed by atoms with Gasteiger partial charge in [0, 0.05) is 44.3 Å². The minimum atomic E-state index is -0.458. The predicted octanol–water partition coefficient (Wildman–Crippen LogP) is 2.02. The Labute approximate surface area is 200 Å². The summed E-state index contributed by atoms with van der Waals surface area (Å²) in [4.78, 5) is 41.9. The highest BCUT2D eigenvalue weighted by molar-refractivity contribution is 8.00. The van der Waals surface area contributed by atoms with Gasteiger partial charge < -0.3 is 20.9 Å². The van der Waals surface area contributed by atoms with E-state index in [2.05, 4.69) is 20.3 Å². The molecule has 0 unspecified atom stereocenters. The largest absolute Gasteiger partial charge is 0.383 e. The van der Waals surface area contributed by atoms with E-state index in [1.54, 1.807) is 47.6 Å². The molecule has 0 aliphatic carbocycles. The molecule has 1 aliphatic heterocycles. The van der Waals surface area contributed by atoms with Crippen molar-refractivity contribution < 1.29 is 9.59 Å². The summed E-state index contributed by atoms with van der Waals surface area (Å²) in [5, 5.41) is 12.6. The number of para-hydroxylation sites is 1. The molecule has 3 aromatic rings. The van der Waals surface area contributed by atoms with Crippen molar-refractivity contribution >= 4 is 41.0 Å². The van der Waals surface area contributed by atoms with E-state index in [1.807, 2.05) is 17.0 Å². The molecule has 10 nitrogen and oxygen atoms in total. The highest BCUT2D eigenvalue weighted by Crippen LogP contribution is 2.25. The SMILES string of the molecule is N#Cc1cc(C(=O)Nc2ccccc2)c(N)nc1SCC(=O)N1CCN(c2ncccn2)CC1. The standard InChI is InChI=1S/C23H22N8O2S/c24-14-16-13-18(21(33)28-17-5-2-1-3-6-17)20(25)29-22(16)34-15-19(32)30-9-11-31(12-10-30)23-26-7-4-8-27-23/h1-8,13H,9-12,15H2,(H2,25,29)(H,28,33). The number of piperazine rings is 1. The third-order valence-corrected chi connectivity index (χ3v) is 6.19. The van der Waals surface area contributed by atoms with Crippen LogP contribution in [0.15, 0.2) is 59.9 Å². The molecule has 0 spiro atoms. The lowest BCUT2D eigenvalue weighted by molar-refractivity contribution is -0.128. The van der Waals surface area contributed by atoms with Gasteiger partial charge in [0.05, 0.1) is 16.9 Å². The van der Waals surface area contributed by atoms with Gasteiger partial charge in [-0.2, -0.15) is 5.26 Å². The number of nitrogens with one attached hydrogen (secondary N) is 1. The molecule has 3 heterocycles. The molecule has 1 saturated heterocycles. The van der Waals surface area contributed by atoms with E-state index in [1.165, 1.54) is 6.07 Å². The second kappa shape index (κ2) is 10.6. The molecule has 11 heteroatoms. The average molecular weight is 475 g/mol. The van der Waals surface area contributed by atoms with Gasteiger partial charge in [0.1, 0.15) is 16.9 Å². The number of nitrogens with two attached hydrogens (primary N) is 1. The number of aromatic nitrogens is 3.